The fraction of sp³-hybridized carbons (Fsp3) is 0.727. The van der Waals surface area contributed by atoms with Crippen LogP contribution in [0.5, 0.6) is 5.75 Å². The molecule has 3 atom stereocenters. The maximum Gasteiger partial charge on any atom is 0.118 e. The van der Waals surface area contributed by atoms with E-state index in [0.29, 0.717) is 5.92 Å². The number of hydrogen-bond acceptors (Lipinski definition) is 3. The molecule has 25 heavy (non-hydrogen) atoms. The van der Waals surface area contributed by atoms with E-state index < -0.39 is 5.60 Å². The van der Waals surface area contributed by atoms with Gasteiger partial charge < -0.3 is 9.84 Å². The largest absolute Gasteiger partial charge is 0.497 e. The SMILES string of the molecule is COc1ccc(CC2N(CC3CCC3)CCC3CCCCC32O)cc1. The van der Waals surface area contributed by atoms with Crippen molar-refractivity contribution in [3.05, 3.63) is 29.8 Å². The van der Waals surface area contributed by atoms with Gasteiger partial charge in [-0.3, -0.25) is 4.90 Å². The predicted octanol–water partition coefficient (Wildman–Crippen LogP) is 4.03. The Hall–Kier alpha value is -1.06. The van der Waals surface area contributed by atoms with Crippen molar-refractivity contribution in [1.29, 1.82) is 0 Å². The third-order valence-corrected chi connectivity index (χ3v) is 7.17. The van der Waals surface area contributed by atoms with Crippen molar-refractivity contribution in [2.24, 2.45) is 11.8 Å². The summed E-state index contributed by atoms with van der Waals surface area (Å²) in [6.07, 6.45) is 11.0. The molecule has 4 rings (SSSR count). The summed E-state index contributed by atoms with van der Waals surface area (Å²) in [6.45, 7) is 2.36. The number of fused-ring (bicyclic) bond motifs is 1. The zero-order chi connectivity index (χ0) is 17.3. The summed E-state index contributed by atoms with van der Waals surface area (Å²) in [7, 11) is 1.71. The van der Waals surface area contributed by atoms with E-state index in [1.54, 1.807) is 7.11 Å². The van der Waals surface area contributed by atoms with Gasteiger partial charge in [0.25, 0.3) is 0 Å². The quantitative estimate of drug-likeness (QED) is 0.876. The summed E-state index contributed by atoms with van der Waals surface area (Å²) in [5.41, 5.74) is 0.837. The second-order valence-electron chi connectivity index (χ2n) is 8.58. The zero-order valence-electron chi connectivity index (χ0n) is 15.6. The minimum absolute atomic E-state index is 0.278. The fourth-order valence-electron chi connectivity index (χ4n) is 5.40. The molecular formula is C22H33NO2. The molecule has 3 heteroatoms. The zero-order valence-corrected chi connectivity index (χ0v) is 15.6. The van der Waals surface area contributed by atoms with E-state index in [0.717, 1.165) is 24.5 Å². The van der Waals surface area contributed by atoms with Gasteiger partial charge in [0.1, 0.15) is 5.75 Å². The predicted molar refractivity (Wildman–Crippen MR) is 101 cm³/mol. The number of ether oxygens (including phenoxy) is 1. The van der Waals surface area contributed by atoms with Gasteiger partial charge in [0.05, 0.1) is 12.7 Å². The molecular weight excluding hydrogens is 310 g/mol. The Bertz CT molecular complexity index is 568. The molecule has 138 valence electrons. The molecule has 1 heterocycles. The van der Waals surface area contributed by atoms with Crippen molar-refractivity contribution >= 4 is 0 Å². The molecule has 2 saturated carbocycles. The van der Waals surface area contributed by atoms with E-state index in [1.807, 2.05) is 0 Å². The van der Waals surface area contributed by atoms with E-state index in [-0.39, 0.29) is 6.04 Å². The Morgan fingerprint density at radius 1 is 1.08 bits per heavy atom. The van der Waals surface area contributed by atoms with Gasteiger partial charge in [-0.1, -0.05) is 31.4 Å². The van der Waals surface area contributed by atoms with Gasteiger partial charge in [0.2, 0.25) is 0 Å². The summed E-state index contributed by atoms with van der Waals surface area (Å²) in [5.74, 6) is 2.28. The van der Waals surface area contributed by atoms with E-state index in [9.17, 15) is 5.11 Å². The first-order chi connectivity index (χ1) is 12.2. The van der Waals surface area contributed by atoms with Gasteiger partial charge in [-0.05, 0) is 74.6 Å². The maximum atomic E-state index is 11.7. The summed E-state index contributed by atoms with van der Waals surface area (Å²) in [6, 6.07) is 8.74. The Morgan fingerprint density at radius 2 is 1.88 bits per heavy atom. The smallest absolute Gasteiger partial charge is 0.118 e. The van der Waals surface area contributed by atoms with Crippen molar-refractivity contribution in [2.45, 2.75) is 69.4 Å². The number of rotatable bonds is 5. The third kappa shape index (κ3) is 3.46. The van der Waals surface area contributed by atoms with Gasteiger partial charge in [-0.2, -0.15) is 0 Å². The lowest BCUT2D eigenvalue weighted by atomic mass is 9.65. The maximum absolute atomic E-state index is 11.7. The molecule has 1 saturated heterocycles. The highest BCUT2D eigenvalue weighted by Gasteiger charge is 2.50. The topological polar surface area (TPSA) is 32.7 Å². The van der Waals surface area contributed by atoms with Crippen LogP contribution < -0.4 is 4.74 Å². The van der Waals surface area contributed by atoms with Gasteiger partial charge >= 0.3 is 0 Å². The Balaban J connectivity index is 1.56. The Morgan fingerprint density at radius 3 is 2.56 bits per heavy atom. The minimum atomic E-state index is -0.486. The van der Waals surface area contributed by atoms with Crippen LogP contribution in [0.25, 0.3) is 0 Å². The van der Waals surface area contributed by atoms with Gasteiger partial charge in [0.15, 0.2) is 0 Å². The number of methoxy groups -OCH3 is 1. The highest BCUT2D eigenvalue weighted by atomic mass is 16.5. The van der Waals surface area contributed by atoms with Crippen molar-refractivity contribution in [3.63, 3.8) is 0 Å². The summed E-state index contributed by atoms with van der Waals surface area (Å²) in [4.78, 5) is 2.65. The Labute approximate surface area is 152 Å². The summed E-state index contributed by atoms with van der Waals surface area (Å²) < 4.78 is 5.30. The van der Waals surface area contributed by atoms with Crippen LogP contribution in [0.3, 0.4) is 0 Å². The fourth-order valence-corrected chi connectivity index (χ4v) is 5.40. The van der Waals surface area contributed by atoms with Gasteiger partial charge in [-0.25, -0.2) is 0 Å². The molecule has 0 spiro atoms. The molecule has 2 aliphatic carbocycles. The molecule has 1 aliphatic heterocycles. The lowest BCUT2D eigenvalue weighted by Crippen LogP contribution is -2.64. The number of likely N-dealkylation sites (tertiary alicyclic amines) is 1. The monoisotopic (exact) mass is 343 g/mol. The van der Waals surface area contributed by atoms with Gasteiger partial charge in [-0.15, -0.1) is 0 Å². The molecule has 3 aliphatic rings. The van der Waals surface area contributed by atoms with Crippen LogP contribution >= 0.6 is 0 Å². The molecule has 3 nitrogen and oxygen atoms in total. The molecule has 1 aromatic carbocycles. The highest BCUT2D eigenvalue weighted by Crippen LogP contribution is 2.45. The normalized spacial score (nSPS) is 33.5. The van der Waals surface area contributed by atoms with E-state index in [4.69, 9.17) is 4.74 Å². The van der Waals surface area contributed by atoms with Crippen LogP contribution in [0.2, 0.25) is 0 Å². The van der Waals surface area contributed by atoms with Gasteiger partial charge in [0, 0.05) is 12.6 Å². The second kappa shape index (κ2) is 7.28. The second-order valence-corrected chi connectivity index (χ2v) is 8.58. The number of aliphatic hydroxyl groups is 1. The molecule has 3 unspecified atom stereocenters. The highest BCUT2D eigenvalue weighted by molar-refractivity contribution is 5.28. The molecule has 1 N–H and O–H groups in total. The van der Waals surface area contributed by atoms with Crippen molar-refractivity contribution in [3.8, 4) is 5.75 Å². The third-order valence-electron chi connectivity index (χ3n) is 7.17. The van der Waals surface area contributed by atoms with E-state index in [1.165, 1.54) is 63.6 Å². The van der Waals surface area contributed by atoms with E-state index >= 15 is 0 Å². The molecule has 0 bridgehead atoms. The van der Waals surface area contributed by atoms with Crippen molar-refractivity contribution in [2.75, 3.05) is 20.2 Å². The first-order valence-electron chi connectivity index (χ1n) is 10.3. The summed E-state index contributed by atoms with van der Waals surface area (Å²) in [5, 5.41) is 11.7. The van der Waals surface area contributed by atoms with Crippen molar-refractivity contribution < 1.29 is 9.84 Å². The van der Waals surface area contributed by atoms with Crippen LogP contribution in [0.4, 0.5) is 0 Å². The first-order valence-corrected chi connectivity index (χ1v) is 10.3. The number of nitrogens with zero attached hydrogens (tertiary/aromatic N) is 1. The Kier molecular flexibility index (Phi) is 5.06. The first kappa shape index (κ1) is 17.4. The van der Waals surface area contributed by atoms with Crippen molar-refractivity contribution in [1.82, 2.24) is 4.90 Å². The van der Waals surface area contributed by atoms with Crippen LogP contribution in [0.1, 0.15) is 56.9 Å². The minimum Gasteiger partial charge on any atom is -0.497 e. The van der Waals surface area contributed by atoms with Crippen LogP contribution in [0, 0.1) is 11.8 Å². The summed E-state index contributed by atoms with van der Waals surface area (Å²) >= 11 is 0. The number of benzene rings is 1. The molecule has 0 amide bonds. The average Bonchev–Trinajstić information content (AvgIpc) is 2.60. The lowest BCUT2D eigenvalue weighted by Gasteiger charge is -2.55. The molecule has 0 aromatic heterocycles. The average molecular weight is 344 g/mol. The van der Waals surface area contributed by atoms with E-state index in [2.05, 4.69) is 29.2 Å². The lowest BCUT2D eigenvalue weighted by molar-refractivity contribution is -0.144. The standard InChI is InChI=1S/C22H33NO2/c1-25-20-10-8-17(9-11-20)15-21-22(24)13-3-2-7-19(22)12-14-23(21)16-18-5-4-6-18/h8-11,18-19,21,24H,2-7,12-16H2,1H3. The molecule has 3 fully saturated rings. The van der Waals surface area contributed by atoms with Crippen LogP contribution in [-0.4, -0.2) is 41.8 Å². The van der Waals surface area contributed by atoms with Crippen LogP contribution in [0.15, 0.2) is 24.3 Å². The number of piperidine rings is 1. The molecule has 0 radical (unpaired) electrons. The van der Waals surface area contributed by atoms with Crippen LogP contribution in [-0.2, 0) is 6.42 Å². The number of hydrogen-bond donors (Lipinski definition) is 1. The molecule has 1 aromatic rings.